The topological polar surface area (TPSA) is 586 Å². The van der Waals surface area contributed by atoms with Crippen molar-refractivity contribution in [2.45, 2.75) is 215 Å². The molecular formula is C51H76O38. The molecule has 0 spiro atoms. The Morgan fingerprint density at radius 2 is 0.517 bits per heavy atom. The Bertz CT molecular complexity index is 2420. The van der Waals surface area contributed by atoms with Crippen molar-refractivity contribution in [3.8, 4) is 0 Å². The van der Waals surface area contributed by atoms with Gasteiger partial charge in [-0.15, -0.1) is 0 Å². The number of aliphatic hydroxyl groups is 20. The summed E-state index contributed by atoms with van der Waals surface area (Å²) in [6, 6.07) is 4.96. The van der Waals surface area contributed by atoms with E-state index in [2.05, 4.69) is 0 Å². The first-order valence-corrected chi connectivity index (χ1v) is 28.1. The molecule has 21 aliphatic heterocycles. The summed E-state index contributed by atoms with van der Waals surface area (Å²) in [5.41, 5.74) is -0.324. The molecule has 38 nitrogen and oxygen atoms in total. The minimum absolute atomic E-state index is 0.0864. The van der Waals surface area contributed by atoms with Gasteiger partial charge in [0, 0.05) is 0 Å². The number of ether oxygens (including phenoxy) is 16. The molecule has 1 unspecified atom stereocenters. The molecule has 21 saturated heterocycles. The van der Waals surface area contributed by atoms with E-state index in [1.54, 1.807) is 0 Å². The zero-order chi connectivity index (χ0) is 64.6. The number of hydrogen-bond donors (Lipinski definition) is 20. The first-order chi connectivity index (χ1) is 42.4. The van der Waals surface area contributed by atoms with Crippen LogP contribution >= 0.6 is 0 Å². The maximum Gasteiger partial charge on any atom is 0.338 e. The highest BCUT2D eigenvalue weighted by molar-refractivity contribution is 5.95. The van der Waals surface area contributed by atoms with Gasteiger partial charge in [-0.25, -0.2) is 9.59 Å². The van der Waals surface area contributed by atoms with Crippen LogP contribution in [0.1, 0.15) is 20.7 Å². The van der Waals surface area contributed by atoms with Gasteiger partial charge in [0.05, 0.1) is 57.9 Å². The molecule has 508 valence electrons. The molecule has 14 bridgehead atoms. The first-order valence-electron chi connectivity index (χ1n) is 28.1. The summed E-state index contributed by atoms with van der Waals surface area (Å²) in [5.74, 6) is -1.99. The zero-order valence-electron chi connectivity index (χ0n) is 46.8. The van der Waals surface area contributed by atoms with Crippen LogP contribution in [-0.2, 0) is 75.8 Å². The Kier molecular flexibility index (Phi) is 23.7. The lowest BCUT2D eigenvalue weighted by Gasteiger charge is -2.50. The number of esters is 2. The quantitative estimate of drug-likeness (QED) is 0.0967. The molecule has 20 N–H and O–H groups in total. The third-order valence-electron chi connectivity index (χ3n) is 16.5. The van der Waals surface area contributed by atoms with Crippen LogP contribution in [0.5, 0.6) is 0 Å². The fourth-order valence-electron chi connectivity index (χ4n) is 11.5. The number of benzene rings is 1. The van der Waals surface area contributed by atoms with E-state index in [1.165, 1.54) is 18.2 Å². The van der Waals surface area contributed by atoms with Crippen LogP contribution in [0.4, 0.5) is 0 Å². The van der Waals surface area contributed by atoms with E-state index in [4.69, 9.17) is 75.8 Å². The molecule has 38 heteroatoms. The van der Waals surface area contributed by atoms with Crippen LogP contribution < -0.4 is 0 Å². The second-order valence-electron chi connectivity index (χ2n) is 22.1. The number of rotatable bonds is 10. The second kappa shape index (κ2) is 30.0. The van der Waals surface area contributed by atoms with Gasteiger partial charge in [0.2, 0.25) is 0 Å². The van der Waals surface area contributed by atoms with E-state index in [0.29, 0.717) is 0 Å². The maximum absolute atomic E-state index is 13.5. The van der Waals surface area contributed by atoms with Crippen molar-refractivity contribution < 1.29 is 188 Å². The summed E-state index contributed by atoms with van der Waals surface area (Å²) < 4.78 is 90.9. The first kappa shape index (κ1) is 70.1. The van der Waals surface area contributed by atoms with Crippen LogP contribution in [0.2, 0.25) is 0 Å². The largest absolute Gasteiger partial charge is 0.465 e. The van der Waals surface area contributed by atoms with Crippen molar-refractivity contribution in [3.63, 3.8) is 0 Å². The van der Waals surface area contributed by atoms with Crippen LogP contribution in [0.3, 0.4) is 0 Å². The Labute approximate surface area is 502 Å². The summed E-state index contributed by atoms with van der Waals surface area (Å²) in [7, 11) is 1.08. The molecule has 21 heterocycles. The highest BCUT2D eigenvalue weighted by Gasteiger charge is 2.60. The van der Waals surface area contributed by atoms with E-state index >= 15 is 0 Å². The Hall–Kier alpha value is -3.20. The Morgan fingerprint density at radius 1 is 0.315 bits per heavy atom. The number of carbonyl (C=O) groups is 2. The van der Waals surface area contributed by atoms with Gasteiger partial charge < -0.3 is 178 Å². The SMILES string of the molecule is COC(=O)c1cccc(C(=O)OC[C@H]2O[C@@H]3O[C@H]4[C@H](O)[C@@H](O)[C@@H](O[C@H]5[C@H](O)[C@@H](O)[C@@H](O[C@H]6[C@H](O)C(O)[C@@H](O[C@H]7[C@H](O)[C@@H](O)[C@@H](O[C@H]8[C@H](O)[C@@H](O)[C@@H](O[C@H]9[C@H](O)[C@@H](O)[C@@H](O[C@H]2[C@H](O)[C@H]3O)O[C@@H]9CO)O[C@@H]8CO)O[C@@H]7CO)O[C@@H]6CO)O[C@@H]5CO)O[C@@H]4CO)c1. The predicted octanol–water partition coefficient (Wildman–Crippen LogP) is -13.6. The van der Waals surface area contributed by atoms with E-state index in [-0.39, 0.29) is 11.1 Å². The van der Waals surface area contributed by atoms with Gasteiger partial charge in [-0.3, -0.25) is 0 Å². The van der Waals surface area contributed by atoms with Crippen molar-refractivity contribution in [1.82, 2.24) is 0 Å². The maximum atomic E-state index is 13.5. The molecule has 89 heavy (non-hydrogen) atoms. The van der Waals surface area contributed by atoms with E-state index in [0.717, 1.165) is 13.2 Å². The normalized spacial score (nSPS) is 49.3. The molecular weight excluding hydrogens is 1220 g/mol. The lowest BCUT2D eigenvalue weighted by molar-refractivity contribution is -0.396. The molecule has 21 aliphatic rings. The number of carbonyl (C=O) groups excluding carboxylic acids is 2. The molecule has 1 aromatic carbocycles. The predicted molar refractivity (Wildman–Crippen MR) is 269 cm³/mol. The van der Waals surface area contributed by atoms with Crippen molar-refractivity contribution in [1.29, 1.82) is 0 Å². The molecule has 0 aliphatic carbocycles. The van der Waals surface area contributed by atoms with Crippen molar-refractivity contribution >= 4 is 11.9 Å². The van der Waals surface area contributed by atoms with Gasteiger partial charge in [0.1, 0.15) is 178 Å². The van der Waals surface area contributed by atoms with E-state index < -0.39 is 273 Å². The highest BCUT2D eigenvalue weighted by atomic mass is 16.8. The molecule has 0 aromatic heterocycles. The van der Waals surface area contributed by atoms with Crippen LogP contribution in [0.15, 0.2) is 24.3 Å². The molecule has 0 amide bonds. The van der Waals surface area contributed by atoms with E-state index in [1.807, 2.05) is 0 Å². The van der Waals surface area contributed by atoms with Gasteiger partial charge in [-0.05, 0) is 18.2 Å². The van der Waals surface area contributed by atoms with Gasteiger partial charge in [0.25, 0.3) is 0 Å². The van der Waals surface area contributed by atoms with Crippen molar-refractivity contribution in [2.24, 2.45) is 0 Å². The minimum atomic E-state index is -2.33. The number of methoxy groups -OCH3 is 1. The zero-order valence-corrected chi connectivity index (χ0v) is 46.8. The smallest absolute Gasteiger partial charge is 0.338 e. The van der Waals surface area contributed by atoms with Crippen LogP contribution in [-0.4, -0.2) is 382 Å². The fraction of sp³-hybridized carbons (Fsp3) is 0.843. The van der Waals surface area contributed by atoms with Crippen LogP contribution in [0, 0.1) is 0 Å². The molecule has 35 atom stereocenters. The highest BCUT2D eigenvalue weighted by Crippen LogP contribution is 2.39. The van der Waals surface area contributed by atoms with Crippen molar-refractivity contribution in [2.75, 3.05) is 53.4 Å². The Balaban J connectivity index is 1.02. The number of hydrogen-bond acceptors (Lipinski definition) is 38. The standard InChI is InChI=1S/C51H76O38/c1-74-43(72)13-3-2-4-14(5-13)44(73)75-12-21-42-28(64)35(71)51(82-21)88-41-20(11-57)80-49(33(69)26(41)62)86-39-18(9-55)78-47(31(67)24(39)60)84-37-16(7-53)76-45(29(65)22(37)58)83-36-15(6-52)77-46(30(66)23(36)59)85-38-17(8-54)79-48(32(68)25(38)61)87-40-19(10-56)81-50(89-42)34(70)27(40)63/h2-5,15-42,45-71H,6-12H2,1H3/t15-,16-,17-,18-,19-,20-,21-,22-,23-,24-,25-,26-,27-,28-,29?,30-,31-,32-,33-,34-,35-,36-,37-,38-,39-,40-,41-,42-,45-,46-,47-,48-,49-,50-,51-/m1/s1. The minimum Gasteiger partial charge on any atom is -0.465 e. The summed E-state index contributed by atoms with van der Waals surface area (Å²) in [4.78, 5) is 25.8. The molecule has 1 aromatic rings. The van der Waals surface area contributed by atoms with Crippen molar-refractivity contribution in [3.05, 3.63) is 35.4 Å². The Morgan fingerprint density at radius 3 is 0.730 bits per heavy atom. The molecule has 0 radical (unpaired) electrons. The number of aliphatic hydroxyl groups excluding tert-OH is 20. The van der Waals surface area contributed by atoms with E-state index in [9.17, 15) is 112 Å². The molecule has 21 fully saturated rings. The third-order valence-corrected chi connectivity index (χ3v) is 16.5. The lowest BCUT2D eigenvalue weighted by atomic mass is 9.95. The van der Waals surface area contributed by atoms with Gasteiger partial charge in [0.15, 0.2) is 44.0 Å². The van der Waals surface area contributed by atoms with Gasteiger partial charge >= 0.3 is 11.9 Å². The summed E-state index contributed by atoms with van der Waals surface area (Å²) in [6.45, 7) is -7.53. The molecule has 0 saturated carbocycles. The summed E-state index contributed by atoms with van der Waals surface area (Å²) in [6.07, 6.45) is -72.7. The fourth-order valence-corrected chi connectivity index (χ4v) is 11.5. The summed E-state index contributed by atoms with van der Waals surface area (Å²) >= 11 is 0. The lowest BCUT2D eigenvalue weighted by Crippen LogP contribution is -2.68. The average Bonchev–Trinajstić information content (AvgIpc) is 1.48. The van der Waals surface area contributed by atoms with Gasteiger partial charge in [-0.1, -0.05) is 6.07 Å². The summed E-state index contributed by atoms with van der Waals surface area (Å²) in [5, 5.41) is 224. The molecule has 22 rings (SSSR count). The van der Waals surface area contributed by atoms with Gasteiger partial charge in [-0.2, -0.15) is 0 Å². The monoisotopic (exact) mass is 1300 g/mol. The van der Waals surface area contributed by atoms with Crippen LogP contribution in [0.25, 0.3) is 0 Å². The second-order valence-corrected chi connectivity index (χ2v) is 22.1. The third kappa shape index (κ3) is 14.3. The average molecular weight is 1300 g/mol.